The highest BCUT2D eigenvalue weighted by molar-refractivity contribution is 6.20. The van der Waals surface area contributed by atoms with Gasteiger partial charge in [0.1, 0.15) is 19.8 Å². The highest BCUT2D eigenvalue weighted by Crippen LogP contribution is 2.27. The molecule has 0 aliphatic carbocycles. The van der Waals surface area contributed by atoms with E-state index < -0.39 is 17.9 Å². The summed E-state index contributed by atoms with van der Waals surface area (Å²) >= 11 is 0. The number of hydrogen-bond acceptors (Lipinski definition) is 6. The lowest BCUT2D eigenvalue weighted by Gasteiger charge is -2.31. The Morgan fingerprint density at radius 3 is 2.29 bits per heavy atom. The van der Waals surface area contributed by atoms with Crippen molar-refractivity contribution in [3.8, 4) is 0 Å². The SMILES string of the molecule is CC(=O)OCC1=C(c2ccccc2)C(=O)N(CC(C)C(=O)OCc2ccccc2)OC1. The monoisotopic (exact) mass is 423 g/mol. The highest BCUT2D eigenvalue weighted by atomic mass is 16.7. The Hall–Kier alpha value is -3.45. The quantitative estimate of drug-likeness (QED) is 0.607. The Bertz CT molecular complexity index is 955. The third-order valence-electron chi connectivity index (χ3n) is 4.77. The molecule has 0 saturated heterocycles. The van der Waals surface area contributed by atoms with Crippen LogP contribution in [0.4, 0.5) is 0 Å². The van der Waals surface area contributed by atoms with Gasteiger partial charge < -0.3 is 9.47 Å². The number of nitrogens with zero attached hydrogens (tertiary/aromatic N) is 1. The van der Waals surface area contributed by atoms with Crippen LogP contribution in [0.1, 0.15) is 25.0 Å². The molecule has 31 heavy (non-hydrogen) atoms. The molecule has 0 radical (unpaired) electrons. The third kappa shape index (κ3) is 6.02. The van der Waals surface area contributed by atoms with Crippen LogP contribution in [0.5, 0.6) is 0 Å². The average Bonchev–Trinajstić information content (AvgIpc) is 2.78. The molecule has 1 amide bonds. The fourth-order valence-corrected chi connectivity index (χ4v) is 3.13. The number of hydrogen-bond donors (Lipinski definition) is 0. The standard InChI is InChI=1S/C24H25NO6/c1-17(24(28)30-14-19-9-5-3-6-10-19)13-25-23(27)22(20-11-7-4-8-12-20)21(16-31-25)15-29-18(2)26/h3-12,17H,13-16H2,1-2H3. The maximum atomic E-state index is 13.2. The Morgan fingerprint density at radius 1 is 1.00 bits per heavy atom. The van der Waals surface area contributed by atoms with Crippen LogP contribution in [0.25, 0.3) is 5.57 Å². The number of esters is 2. The molecule has 0 bridgehead atoms. The number of hydroxylamine groups is 2. The van der Waals surface area contributed by atoms with E-state index in [0.717, 1.165) is 5.56 Å². The van der Waals surface area contributed by atoms with Crippen molar-refractivity contribution in [3.05, 3.63) is 77.4 Å². The summed E-state index contributed by atoms with van der Waals surface area (Å²) < 4.78 is 10.5. The summed E-state index contributed by atoms with van der Waals surface area (Å²) in [6.45, 7) is 3.25. The molecular formula is C24H25NO6. The smallest absolute Gasteiger partial charge is 0.310 e. The number of carbonyl (C=O) groups is 3. The Labute approximate surface area is 181 Å². The Kier molecular flexibility index (Phi) is 7.56. The van der Waals surface area contributed by atoms with Gasteiger partial charge in [0.05, 0.1) is 18.0 Å². The summed E-state index contributed by atoms with van der Waals surface area (Å²) in [4.78, 5) is 42.4. The van der Waals surface area contributed by atoms with Crippen LogP contribution in [-0.2, 0) is 35.3 Å². The number of ether oxygens (including phenoxy) is 2. The molecule has 1 aliphatic rings. The van der Waals surface area contributed by atoms with E-state index in [2.05, 4.69) is 0 Å². The average molecular weight is 423 g/mol. The summed E-state index contributed by atoms with van der Waals surface area (Å²) in [6.07, 6.45) is 0. The summed E-state index contributed by atoms with van der Waals surface area (Å²) in [5, 5.41) is 1.17. The minimum atomic E-state index is -0.584. The van der Waals surface area contributed by atoms with Gasteiger partial charge in [0, 0.05) is 12.5 Å². The van der Waals surface area contributed by atoms with Gasteiger partial charge in [0.25, 0.3) is 5.91 Å². The van der Waals surface area contributed by atoms with Crippen molar-refractivity contribution in [2.45, 2.75) is 20.5 Å². The maximum absolute atomic E-state index is 13.2. The lowest BCUT2D eigenvalue weighted by Crippen LogP contribution is -2.42. The minimum Gasteiger partial charge on any atom is -0.461 e. The molecule has 1 heterocycles. The molecule has 1 aliphatic heterocycles. The van der Waals surface area contributed by atoms with Crippen molar-refractivity contribution in [1.82, 2.24) is 5.06 Å². The molecule has 0 fully saturated rings. The van der Waals surface area contributed by atoms with Gasteiger partial charge in [0.2, 0.25) is 0 Å². The van der Waals surface area contributed by atoms with E-state index in [1.54, 1.807) is 6.92 Å². The van der Waals surface area contributed by atoms with Crippen molar-refractivity contribution < 1.29 is 28.7 Å². The molecule has 1 unspecified atom stereocenters. The number of benzene rings is 2. The normalized spacial score (nSPS) is 14.9. The van der Waals surface area contributed by atoms with Crippen molar-refractivity contribution in [3.63, 3.8) is 0 Å². The van der Waals surface area contributed by atoms with Crippen LogP contribution < -0.4 is 0 Å². The molecule has 2 aromatic carbocycles. The minimum absolute atomic E-state index is 0.0339. The van der Waals surface area contributed by atoms with Gasteiger partial charge in [-0.1, -0.05) is 67.6 Å². The molecule has 0 saturated carbocycles. The van der Waals surface area contributed by atoms with E-state index in [-0.39, 0.29) is 32.3 Å². The van der Waals surface area contributed by atoms with Crippen LogP contribution in [0.15, 0.2) is 66.2 Å². The molecule has 2 aromatic rings. The van der Waals surface area contributed by atoms with Crippen LogP contribution in [0.2, 0.25) is 0 Å². The Morgan fingerprint density at radius 2 is 1.65 bits per heavy atom. The molecule has 0 N–H and O–H groups in total. The van der Waals surface area contributed by atoms with E-state index in [0.29, 0.717) is 16.7 Å². The van der Waals surface area contributed by atoms with Gasteiger partial charge in [-0.15, -0.1) is 0 Å². The molecule has 3 rings (SSSR count). The fraction of sp³-hybridized carbons (Fsp3) is 0.292. The topological polar surface area (TPSA) is 82.1 Å². The zero-order valence-electron chi connectivity index (χ0n) is 17.6. The lowest BCUT2D eigenvalue weighted by atomic mass is 9.98. The summed E-state index contributed by atoms with van der Waals surface area (Å²) in [6, 6.07) is 18.5. The number of rotatable bonds is 8. The van der Waals surface area contributed by atoms with Crippen LogP contribution in [0.3, 0.4) is 0 Å². The molecule has 162 valence electrons. The van der Waals surface area contributed by atoms with E-state index in [1.807, 2.05) is 60.7 Å². The molecule has 0 spiro atoms. The summed E-state index contributed by atoms with van der Waals surface area (Å²) in [7, 11) is 0. The van der Waals surface area contributed by atoms with Gasteiger partial charge >= 0.3 is 11.9 Å². The van der Waals surface area contributed by atoms with Crippen molar-refractivity contribution in [1.29, 1.82) is 0 Å². The first kappa shape index (κ1) is 22.2. The Balaban J connectivity index is 1.69. The first-order valence-electron chi connectivity index (χ1n) is 10.0. The van der Waals surface area contributed by atoms with E-state index >= 15 is 0 Å². The van der Waals surface area contributed by atoms with E-state index in [1.165, 1.54) is 12.0 Å². The zero-order chi connectivity index (χ0) is 22.2. The van der Waals surface area contributed by atoms with Crippen LogP contribution in [-0.4, -0.2) is 42.7 Å². The number of carbonyl (C=O) groups excluding carboxylic acids is 3. The van der Waals surface area contributed by atoms with Crippen molar-refractivity contribution in [2.24, 2.45) is 5.92 Å². The molecule has 7 nitrogen and oxygen atoms in total. The number of amides is 1. The molecule has 7 heteroatoms. The van der Waals surface area contributed by atoms with Gasteiger partial charge in [-0.25, -0.2) is 5.06 Å². The molecule has 0 aromatic heterocycles. The largest absolute Gasteiger partial charge is 0.461 e. The van der Waals surface area contributed by atoms with Gasteiger partial charge in [0.15, 0.2) is 0 Å². The first-order chi connectivity index (χ1) is 15.0. The first-order valence-corrected chi connectivity index (χ1v) is 10.0. The second-order valence-corrected chi connectivity index (χ2v) is 7.26. The summed E-state index contributed by atoms with van der Waals surface area (Å²) in [5.74, 6) is -1.83. The highest BCUT2D eigenvalue weighted by Gasteiger charge is 2.32. The van der Waals surface area contributed by atoms with Crippen molar-refractivity contribution >= 4 is 23.4 Å². The fourth-order valence-electron chi connectivity index (χ4n) is 3.13. The second-order valence-electron chi connectivity index (χ2n) is 7.26. The second kappa shape index (κ2) is 10.5. The van der Waals surface area contributed by atoms with E-state index in [4.69, 9.17) is 14.3 Å². The summed E-state index contributed by atoms with van der Waals surface area (Å²) in [5.41, 5.74) is 2.57. The van der Waals surface area contributed by atoms with Crippen LogP contribution >= 0.6 is 0 Å². The molecular weight excluding hydrogens is 398 g/mol. The lowest BCUT2D eigenvalue weighted by molar-refractivity contribution is -0.187. The molecule has 1 atom stereocenters. The third-order valence-corrected chi connectivity index (χ3v) is 4.77. The van der Waals surface area contributed by atoms with Gasteiger partial charge in [-0.05, 0) is 11.1 Å². The predicted molar refractivity (Wildman–Crippen MR) is 113 cm³/mol. The zero-order valence-corrected chi connectivity index (χ0v) is 17.6. The van der Waals surface area contributed by atoms with E-state index in [9.17, 15) is 14.4 Å². The maximum Gasteiger partial charge on any atom is 0.310 e. The van der Waals surface area contributed by atoms with Gasteiger partial charge in [-0.2, -0.15) is 0 Å². The predicted octanol–water partition coefficient (Wildman–Crippen LogP) is 3.16. The van der Waals surface area contributed by atoms with Gasteiger partial charge in [-0.3, -0.25) is 19.2 Å². The van der Waals surface area contributed by atoms with Crippen LogP contribution in [0, 0.1) is 5.92 Å². The van der Waals surface area contributed by atoms with Crippen molar-refractivity contribution in [2.75, 3.05) is 19.8 Å².